The molecule has 54 valence electrons. The Kier molecular flexibility index (Phi) is 3.70. The minimum Gasteiger partial charge on any atom is -0.0937 e. The highest BCUT2D eigenvalue weighted by Crippen LogP contribution is 2.06. The van der Waals surface area contributed by atoms with Crippen LogP contribution in [0.1, 0.15) is 0 Å². The highest BCUT2D eigenvalue weighted by Gasteiger charge is 1.87. The molecule has 0 bridgehead atoms. The highest BCUT2D eigenvalue weighted by molar-refractivity contribution is 7.49. The van der Waals surface area contributed by atoms with Crippen molar-refractivity contribution in [3.63, 3.8) is 0 Å². The maximum Gasteiger partial charge on any atom is 0.0216 e. The molecule has 1 aromatic rings. The van der Waals surface area contributed by atoms with Gasteiger partial charge in [-0.1, -0.05) is 45.5 Å². The maximum absolute atomic E-state index is 2.37. The van der Waals surface area contributed by atoms with E-state index in [1.54, 1.807) is 0 Å². The molecule has 1 atom stereocenters. The summed E-state index contributed by atoms with van der Waals surface area (Å²) in [4.78, 5) is 0. The van der Waals surface area contributed by atoms with Crippen LogP contribution in [0.5, 0.6) is 0 Å². The third-order valence-electron chi connectivity index (χ3n) is 1.35. The first kappa shape index (κ1) is 7.97. The van der Waals surface area contributed by atoms with E-state index in [-0.39, 0.29) is 9.52 Å². The summed E-state index contributed by atoms with van der Waals surface area (Å²) < 4.78 is 0. The number of rotatable bonds is 3. The Morgan fingerprint density at radius 2 is 2.00 bits per heavy atom. The second-order valence-corrected chi connectivity index (χ2v) is 6.22. The summed E-state index contributed by atoms with van der Waals surface area (Å²) in [6.07, 6.45) is 0. The molecule has 0 aliphatic rings. The van der Waals surface area contributed by atoms with Crippen molar-refractivity contribution in [1.29, 1.82) is 0 Å². The van der Waals surface area contributed by atoms with Gasteiger partial charge in [0.25, 0.3) is 0 Å². The quantitative estimate of drug-likeness (QED) is 0.469. The molecular formula is C8H13PSi. The number of benzene rings is 1. The van der Waals surface area contributed by atoms with E-state index in [1.165, 1.54) is 11.1 Å². The van der Waals surface area contributed by atoms with Gasteiger partial charge in [0, 0.05) is 9.52 Å². The predicted molar refractivity (Wildman–Crippen MR) is 53.7 cm³/mol. The lowest BCUT2D eigenvalue weighted by Gasteiger charge is -1.96. The van der Waals surface area contributed by atoms with E-state index >= 15 is 0 Å². The van der Waals surface area contributed by atoms with Crippen molar-refractivity contribution < 1.29 is 0 Å². The van der Waals surface area contributed by atoms with Crippen LogP contribution in [0.2, 0.25) is 6.55 Å². The molecule has 1 unspecified atom stereocenters. The van der Waals surface area contributed by atoms with Crippen LogP contribution < -0.4 is 5.30 Å². The van der Waals surface area contributed by atoms with Crippen LogP contribution in [-0.2, 0) is 0 Å². The Hall–Kier alpha value is -0.133. The zero-order chi connectivity index (χ0) is 7.23. The monoisotopic (exact) mass is 168 g/mol. The molecule has 0 N–H and O–H groups in total. The summed E-state index contributed by atoms with van der Waals surface area (Å²) in [5, 5.41) is 1.52. The predicted octanol–water partition coefficient (Wildman–Crippen LogP) is 1.16. The fraction of sp³-hybridized carbons (Fsp3) is 0.250. The molecule has 0 spiro atoms. The van der Waals surface area contributed by atoms with Crippen molar-refractivity contribution in [2.24, 2.45) is 0 Å². The normalized spacial score (nSPS) is 12.1. The Morgan fingerprint density at radius 1 is 1.30 bits per heavy atom. The molecule has 2 heteroatoms. The molecule has 0 aromatic heterocycles. The average molecular weight is 168 g/mol. The van der Waals surface area contributed by atoms with Gasteiger partial charge in [0.05, 0.1) is 0 Å². The summed E-state index contributed by atoms with van der Waals surface area (Å²) in [6.45, 7) is 2.37. The van der Waals surface area contributed by atoms with E-state index in [9.17, 15) is 0 Å². The van der Waals surface area contributed by atoms with E-state index in [2.05, 4.69) is 36.9 Å². The van der Waals surface area contributed by atoms with Crippen LogP contribution in [-0.4, -0.2) is 15.3 Å². The van der Waals surface area contributed by atoms with Crippen molar-refractivity contribution in [3.05, 3.63) is 30.3 Å². The molecule has 0 aliphatic heterocycles. The van der Waals surface area contributed by atoms with E-state index < -0.39 is 0 Å². The molecule has 0 aliphatic carbocycles. The van der Waals surface area contributed by atoms with Gasteiger partial charge in [0.2, 0.25) is 0 Å². The molecule has 0 fully saturated rings. The van der Waals surface area contributed by atoms with Crippen LogP contribution in [0.4, 0.5) is 0 Å². The van der Waals surface area contributed by atoms with Gasteiger partial charge >= 0.3 is 0 Å². The standard InChI is InChI=1S/C8H13PSi/c1-10-7-9-8-5-3-2-4-6-8/h2-6,9H,7,10H2,1H3. The second kappa shape index (κ2) is 4.65. The molecule has 0 saturated carbocycles. The molecule has 10 heavy (non-hydrogen) atoms. The van der Waals surface area contributed by atoms with Crippen LogP contribution >= 0.6 is 8.58 Å². The fourth-order valence-corrected chi connectivity index (χ4v) is 3.41. The minimum absolute atomic E-state index is 0.283. The third kappa shape index (κ3) is 2.63. The molecule has 0 radical (unpaired) electrons. The summed E-state index contributed by atoms with van der Waals surface area (Å²) in [5.74, 6) is 1.48. The van der Waals surface area contributed by atoms with Gasteiger partial charge in [-0.3, -0.25) is 0 Å². The van der Waals surface area contributed by atoms with Crippen LogP contribution in [0.3, 0.4) is 0 Å². The van der Waals surface area contributed by atoms with Crippen LogP contribution in [0.15, 0.2) is 30.3 Å². The zero-order valence-corrected chi connectivity index (χ0v) is 8.72. The van der Waals surface area contributed by atoms with Crippen molar-refractivity contribution in [2.45, 2.75) is 6.55 Å². The maximum atomic E-state index is 2.37. The van der Waals surface area contributed by atoms with Crippen molar-refractivity contribution in [1.82, 2.24) is 0 Å². The largest absolute Gasteiger partial charge is 0.0937 e. The molecule has 1 aromatic carbocycles. The van der Waals surface area contributed by atoms with Gasteiger partial charge in [-0.05, 0) is 11.1 Å². The zero-order valence-electron chi connectivity index (χ0n) is 6.30. The summed E-state index contributed by atoms with van der Waals surface area (Å²) in [7, 11) is 1.35. The molecule has 1 rings (SSSR count). The lowest BCUT2D eigenvalue weighted by atomic mass is 10.4. The topological polar surface area (TPSA) is 0 Å². The van der Waals surface area contributed by atoms with Gasteiger partial charge in [0.15, 0.2) is 0 Å². The minimum atomic E-state index is 0.283. The van der Waals surface area contributed by atoms with Gasteiger partial charge in [-0.25, -0.2) is 0 Å². The summed E-state index contributed by atoms with van der Waals surface area (Å²) >= 11 is 0. The van der Waals surface area contributed by atoms with E-state index in [4.69, 9.17) is 0 Å². The second-order valence-electron chi connectivity index (χ2n) is 2.29. The van der Waals surface area contributed by atoms with Crippen molar-refractivity contribution >= 4 is 23.4 Å². The van der Waals surface area contributed by atoms with E-state index in [1.807, 2.05) is 0 Å². The first-order valence-corrected chi connectivity index (χ1v) is 7.34. The molecular weight excluding hydrogens is 155 g/mol. The van der Waals surface area contributed by atoms with Gasteiger partial charge in [-0.15, -0.1) is 0 Å². The van der Waals surface area contributed by atoms with Crippen molar-refractivity contribution in [2.75, 3.05) is 5.79 Å². The number of hydrogen-bond acceptors (Lipinski definition) is 0. The van der Waals surface area contributed by atoms with E-state index in [0.29, 0.717) is 0 Å². The Labute approximate surface area is 66.7 Å². The molecule has 0 heterocycles. The average Bonchev–Trinajstić information content (AvgIpc) is 2.03. The Bertz CT molecular complexity index is 174. The number of hydrogen-bond donors (Lipinski definition) is 0. The van der Waals surface area contributed by atoms with Crippen LogP contribution in [0.25, 0.3) is 0 Å². The lowest BCUT2D eigenvalue weighted by Crippen LogP contribution is -1.95. The van der Waals surface area contributed by atoms with Gasteiger partial charge in [0.1, 0.15) is 0 Å². The smallest absolute Gasteiger partial charge is 0.0216 e. The van der Waals surface area contributed by atoms with Crippen molar-refractivity contribution in [3.8, 4) is 0 Å². The van der Waals surface area contributed by atoms with E-state index in [0.717, 1.165) is 8.58 Å². The first-order valence-electron chi connectivity index (χ1n) is 3.72. The SMILES string of the molecule is C[SiH2]CPc1ccccc1. The van der Waals surface area contributed by atoms with Crippen LogP contribution in [0, 0.1) is 0 Å². The first-order chi connectivity index (χ1) is 4.93. The van der Waals surface area contributed by atoms with Gasteiger partial charge in [-0.2, -0.15) is 0 Å². The lowest BCUT2D eigenvalue weighted by molar-refractivity contribution is 1.77. The summed E-state index contributed by atoms with van der Waals surface area (Å²) in [6, 6.07) is 10.8. The highest BCUT2D eigenvalue weighted by atomic mass is 31.1. The van der Waals surface area contributed by atoms with Gasteiger partial charge < -0.3 is 0 Å². The molecule has 0 amide bonds. The third-order valence-corrected chi connectivity index (χ3v) is 5.09. The molecule has 0 saturated heterocycles. The Morgan fingerprint density at radius 3 is 2.60 bits per heavy atom. The fourth-order valence-electron chi connectivity index (χ4n) is 0.825. The summed E-state index contributed by atoms with van der Waals surface area (Å²) in [5.41, 5.74) is 0. The molecule has 0 nitrogen and oxygen atoms in total. The Balaban J connectivity index is 2.43.